The number of hydrogen-bond acceptors (Lipinski definition) is 5. The molecule has 1 aromatic heterocycles. The third-order valence-electron chi connectivity index (χ3n) is 5.98. The van der Waals surface area contributed by atoms with E-state index in [1.807, 2.05) is 6.07 Å². The van der Waals surface area contributed by atoms with Crippen LogP contribution in [0.15, 0.2) is 66.9 Å². The van der Waals surface area contributed by atoms with Gasteiger partial charge in [0.15, 0.2) is 5.60 Å². The van der Waals surface area contributed by atoms with E-state index in [0.717, 1.165) is 29.5 Å². The average Bonchev–Trinajstić information content (AvgIpc) is 2.87. The van der Waals surface area contributed by atoms with Crippen LogP contribution in [0.2, 0.25) is 0 Å². The van der Waals surface area contributed by atoms with E-state index in [4.69, 9.17) is 9.47 Å². The lowest BCUT2D eigenvalue weighted by atomic mass is 9.85. The van der Waals surface area contributed by atoms with Gasteiger partial charge < -0.3 is 14.8 Å². The largest absolute Gasteiger partial charge is 0.463 e. The number of nitrogens with one attached hydrogen (secondary N) is 1. The zero-order valence-corrected chi connectivity index (χ0v) is 21.1. The maximum Gasteiger partial charge on any atom is 0.416 e. The first-order valence-corrected chi connectivity index (χ1v) is 11.7. The Morgan fingerprint density at radius 3 is 2.45 bits per heavy atom. The number of alkyl halides is 4. The van der Waals surface area contributed by atoms with E-state index >= 15 is 0 Å². The number of nitriles is 1. The summed E-state index contributed by atoms with van der Waals surface area (Å²) in [7, 11) is 0. The minimum absolute atomic E-state index is 0.289. The molecule has 0 aliphatic heterocycles. The summed E-state index contributed by atoms with van der Waals surface area (Å²) in [6.07, 6.45) is -3.15. The molecule has 10 heteroatoms. The molecule has 38 heavy (non-hydrogen) atoms. The van der Waals surface area contributed by atoms with Crippen LogP contribution in [0, 0.1) is 11.3 Å². The Balaban J connectivity index is 1.81. The van der Waals surface area contributed by atoms with Crippen molar-refractivity contribution in [3.8, 4) is 17.7 Å². The van der Waals surface area contributed by atoms with E-state index in [1.165, 1.54) is 13.8 Å². The van der Waals surface area contributed by atoms with Gasteiger partial charge in [-0.3, -0.25) is 4.79 Å². The van der Waals surface area contributed by atoms with Crippen molar-refractivity contribution in [2.45, 2.75) is 50.9 Å². The van der Waals surface area contributed by atoms with Gasteiger partial charge in [0.05, 0.1) is 17.2 Å². The molecule has 0 aliphatic carbocycles. The maximum absolute atomic E-state index is 13.2. The molecule has 2 atom stereocenters. The standard InChI is InChI=1S/C28H27F4N3O3/c1-18(35-26(36)27(2,3)38-25-15-22(11-12-34-25)28(30,31)32)24(21-6-4-5-20(13-21)16-33)14-19-7-9-23(10-8-19)37-17-29/h4-13,15,18,24H,14,17H2,1-3H3,(H,35,36)/t18-,24+/m0/s1. The van der Waals surface area contributed by atoms with Gasteiger partial charge in [-0.2, -0.15) is 18.4 Å². The molecule has 0 bridgehead atoms. The second-order valence-corrected chi connectivity index (χ2v) is 9.20. The fraction of sp³-hybridized carbons (Fsp3) is 0.321. The van der Waals surface area contributed by atoms with Crippen molar-refractivity contribution in [3.05, 3.63) is 89.1 Å². The Labute approximate surface area is 218 Å². The molecule has 0 aliphatic rings. The van der Waals surface area contributed by atoms with Crippen LogP contribution in [0.25, 0.3) is 0 Å². The fourth-order valence-electron chi connectivity index (χ4n) is 3.89. The summed E-state index contributed by atoms with van der Waals surface area (Å²) in [6, 6.07) is 17.0. The third kappa shape index (κ3) is 7.44. The number of amides is 1. The second-order valence-electron chi connectivity index (χ2n) is 9.20. The summed E-state index contributed by atoms with van der Waals surface area (Å²) in [4.78, 5) is 17.0. The Bertz CT molecular complexity index is 1290. The van der Waals surface area contributed by atoms with Gasteiger partial charge in [0.1, 0.15) is 5.75 Å². The average molecular weight is 530 g/mol. The highest BCUT2D eigenvalue weighted by atomic mass is 19.4. The van der Waals surface area contributed by atoms with Crippen LogP contribution in [0.4, 0.5) is 17.6 Å². The van der Waals surface area contributed by atoms with Crippen molar-refractivity contribution in [1.82, 2.24) is 10.3 Å². The van der Waals surface area contributed by atoms with Gasteiger partial charge in [0, 0.05) is 24.2 Å². The predicted molar refractivity (Wildman–Crippen MR) is 132 cm³/mol. The highest BCUT2D eigenvalue weighted by Crippen LogP contribution is 2.32. The summed E-state index contributed by atoms with van der Waals surface area (Å²) in [6.45, 7) is 3.72. The Hall–Kier alpha value is -4.13. The molecule has 0 spiro atoms. The first kappa shape index (κ1) is 28.4. The van der Waals surface area contributed by atoms with Crippen molar-refractivity contribution < 1.29 is 31.8 Å². The van der Waals surface area contributed by atoms with E-state index < -0.39 is 36.2 Å². The number of ether oxygens (including phenoxy) is 2. The summed E-state index contributed by atoms with van der Waals surface area (Å²) in [5.74, 6) is -0.802. The van der Waals surface area contributed by atoms with Gasteiger partial charge in [-0.05, 0) is 68.7 Å². The third-order valence-corrected chi connectivity index (χ3v) is 5.98. The maximum atomic E-state index is 13.2. The Morgan fingerprint density at radius 1 is 1.11 bits per heavy atom. The molecule has 1 amide bonds. The van der Waals surface area contributed by atoms with Crippen molar-refractivity contribution >= 4 is 5.91 Å². The molecule has 0 saturated heterocycles. The van der Waals surface area contributed by atoms with Crippen LogP contribution in [0.3, 0.4) is 0 Å². The smallest absolute Gasteiger partial charge is 0.416 e. The zero-order chi connectivity index (χ0) is 27.9. The van der Waals surface area contributed by atoms with Gasteiger partial charge >= 0.3 is 6.18 Å². The number of carbonyl (C=O) groups is 1. The highest BCUT2D eigenvalue weighted by molar-refractivity contribution is 5.85. The SMILES string of the molecule is C[C@H](NC(=O)C(C)(C)Oc1cc(C(F)(F)F)ccn1)[C@@H](Cc1ccc(OCF)cc1)c1cccc(C#N)c1. The molecule has 3 rings (SSSR count). The summed E-state index contributed by atoms with van der Waals surface area (Å²) < 4.78 is 62.1. The topological polar surface area (TPSA) is 84.2 Å². The Morgan fingerprint density at radius 2 is 1.82 bits per heavy atom. The van der Waals surface area contributed by atoms with E-state index in [1.54, 1.807) is 49.4 Å². The van der Waals surface area contributed by atoms with Crippen LogP contribution in [-0.4, -0.2) is 29.4 Å². The number of aromatic nitrogens is 1. The Kier molecular flexibility index (Phi) is 8.94. The summed E-state index contributed by atoms with van der Waals surface area (Å²) >= 11 is 0. The van der Waals surface area contributed by atoms with Crippen LogP contribution < -0.4 is 14.8 Å². The number of carbonyl (C=O) groups excluding carboxylic acids is 1. The molecule has 1 N–H and O–H groups in total. The number of halogens is 4. The van der Waals surface area contributed by atoms with Crippen LogP contribution in [-0.2, 0) is 17.4 Å². The minimum atomic E-state index is -4.58. The minimum Gasteiger partial charge on any atom is -0.463 e. The van der Waals surface area contributed by atoms with E-state index in [2.05, 4.69) is 16.4 Å². The van der Waals surface area contributed by atoms with Crippen LogP contribution >= 0.6 is 0 Å². The quantitative estimate of drug-likeness (QED) is 0.328. The van der Waals surface area contributed by atoms with Gasteiger partial charge in [0.25, 0.3) is 5.91 Å². The highest BCUT2D eigenvalue weighted by Gasteiger charge is 2.35. The van der Waals surface area contributed by atoms with Crippen molar-refractivity contribution in [1.29, 1.82) is 5.26 Å². The van der Waals surface area contributed by atoms with Gasteiger partial charge in [0.2, 0.25) is 12.7 Å². The molecule has 0 fully saturated rings. The molecule has 200 valence electrons. The molecule has 0 radical (unpaired) electrons. The number of pyridine rings is 1. The molecule has 0 saturated carbocycles. The number of nitrogens with zero attached hydrogens (tertiary/aromatic N) is 2. The summed E-state index contributed by atoms with van der Waals surface area (Å²) in [5.41, 5.74) is -0.340. The van der Waals surface area contributed by atoms with Crippen molar-refractivity contribution in [2.24, 2.45) is 0 Å². The molecule has 2 aromatic carbocycles. The lowest BCUT2D eigenvalue weighted by Crippen LogP contribution is -2.51. The number of hydrogen-bond donors (Lipinski definition) is 1. The van der Waals surface area contributed by atoms with E-state index in [9.17, 15) is 27.6 Å². The summed E-state index contributed by atoms with van der Waals surface area (Å²) in [5, 5.41) is 12.3. The van der Waals surface area contributed by atoms with Crippen LogP contribution in [0.1, 0.15) is 48.9 Å². The molecule has 1 heterocycles. The molecular formula is C28H27F4N3O3. The first-order chi connectivity index (χ1) is 17.9. The van der Waals surface area contributed by atoms with Gasteiger partial charge in [-0.25, -0.2) is 9.37 Å². The molecule has 0 unspecified atom stereocenters. The number of benzene rings is 2. The van der Waals surface area contributed by atoms with E-state index in [0.29, 0.717) is 17.7 Å². The molecule has 3 aromatic rings. The number of rotatable bonds is 10. The van der Waals surface area contributed by atoms with Crippen molar-refractivity contribution in [3.63, 3.8) is 0 Å². The van der Waals surface area contributed by atoms with Crippen molar-refractivity contribution in [2.75, 3.05) is 6.86 Å². The first-order valence-electron chi connectivity index (χ1n) is 11.7. The van der Waals surface area contributed by atoms with Gasteiger partial charge in [-0.1, -0.05) is 24.3 Å². The predicted octanol–water partition coefficient (Wildman–Crippen LogP) is 5.97. The van der Waals surface area contributed by atoms with E-state index in [-0.39, 0.29) is 11.8 Å². The van der Waals surface area contributed by atoms with Gasteiger partial charge in [-0.15, -0.1) is 0 Å². The fourth-order valence-corrected chi connectivity index (χ4v) is 3.89. The zero-order valence-electron chi connectivity index (χ0n) is 21.1. The normalized spacial score (nSPS) is 13.2. The molecular weight excluding hydrogens is 502 g/mol. The molecule has 6 nitrogen and oxygen atoms in total. The lowest BCUT2D eigenvalue weighted by Gasteiger charge is -2.31. The monoisotopic (exact) mass is 529 g/mol. The lowest BCUT2D eigenvalue weighted by molar-refractivity contribution is -0.138. The van der Waals surface area contributed by atoms with Crippen LogP contribution in [0.5, 0.6) is 11.6 Å². The second kappa shape index (κ2) is 11.9.